The zero-order valence-electron chi connectivity index (χ0n) is 14.6. The van der Waals surface area contributed by atoms with E-state index < -0.39 is 11.7 Å². The van der Waals surface area contributed by atoms with Crippen molar-refractivity contribution in [2.45, 2.75) is 37.5 Å². The third-order valence-electron chi connectivity index (χ3n) is 4.83. The molecule has 2 aliphatic heterocycles. The lowest BCUT2D eigenvalue weighted by Crippen LogP contribution is -2.39. The third kappa shape index (κ3) is 4.56. The number of fused-ring (bicyclic) bond motifs is 2. The Morgan fingerprint density at radius 1 is 1.14 bits per heavy atom. The molecule has 28 heavy (non-hydrogen) atoms. The Bertz CT molecular complexity index is 813. The minimum absolute atomic E-state index is 0. The summed E-state index contributed by atoms with van der Waals surface area (Å²) in [6.07, 6.45) is 0.773. The first-order valence-electron chi connectivity index (χ1n) is 8.41. The number of pyridine rings is 1. The number of likely N-dealkylation sites (tertiary alicyclic amines) is 1. The zero-order chi connectivity index (χ0) is 18.3. The van der Waals surface area contributed by atoms with E-state index in [-0.39, 0.29) is 42.2 Å². The predicted molar refractivity (Wildman–Crippen MR) is 99.1 cm³/mol. The minimum Gasteiger partial charge on any atom is -0.336 e. The first-order chi connectivity index (χ1) is 12.4. The maximum Gasteiger partial charge on any atom is 0.417 e. The Morgan fingerprint density at radius 2 is 1.89 bits per heavy atom. The number of carbonyl (C=O) groups excluding carboxylic acids is 1. The Balaban J connectivity index is 0.00000140. The average Bonchev–Trinajstić information content (AvgIpc) is 3.20. The van der Waals surface area contributed by atoms with Crippen molar-refractivity contribution in [2.24, 2.45) is 0 Å². The van der Waals surface area contributed by atoms with Crippen LogP contribution in [0.25, 0.3) is 5.82 Å². The Hall–Kier alpha value is -1.91. The van der Waals surface area contributed by atoms with Crippen molar-refractivity contribution in [3.63, 3.8) is 0 Å². The highest BCUT2D eigenvalue weighted by Crippen LogP contribution is 2.28. The van der Waals surface area contributed by atoms with Crippen molar-refractivity contribution >= 4 is 30.7 Å². The number of nitrogens with one attached hydrogen (secondary N) is 1. The maximum absolute atomic E-state index is 12.7. The molecule has 1 N–H and O–H groups in total. The van der Waals surface area contributed by atoms with Gasteiger partial charge in [0.25, 0.3) is 5.91 Å². The van der Waals surface area contributed by atoms with Crippen LogP contribution < -0.4 is 5.32 Å². The molecule has 2 unspecified atom stereocenters. The molecule has 0 radical (unpaired) electrons. The monoisotopic (exact) mass is 438 g/mol. The molecule has 0 spiro atoms. The number of nitrogens with zero attached hydrogens (tertiary/aromatic N) is 5. The molecule has 1 amide bonds. The first kappa shape index (κ1) is 22.4. The van der Waals surface area contributed by atoms with E-state index in [0.717, 1.165) is 31.5 Å². The molecule has 2 saturated heterocycles. The largest absolute Gasteiger partial charge is 0.417 e. The SMILES string of the molecule is Cl.Cl.O=C(c1cn(-c2ccc(C(F)(F)F)cn2)nn1)N1CCC2CCC(C1)N2. The van der Waals surface area contributed by atoms with Gasteiger partial charge in [-0.15, -0.1) is 29.9 Å². The molecule has 12 heteroatoms. The third-order valence-corrected chi connectivity index (χ3v) is 4.83. The van der Waals surface area contributed by atoms with E-state index in [9.17, 15) is 18.0 Å². The maximum atomic E-state index is 12.7. The van der Waals surface area contributed by atoms with Gasteiger partial charge in [0, 0.05) is 31.4 Å². The average molecular weight is 439 g/mol. The summed E-state index contributed by atoms with van der Waals surface area (Å²) < 4.78 is 39.0. The van der Waals surface area contributed by atoms with Gasteiger partial charge in [-0.05, 0) is 31.4 Å². The molecule has 2 aromatic heterocycles. The van der Waals surface area contributed by atoms with Crippen molar-refractivity contribution in [1.82, 2.24) is 30.2 Å². The number of hydrogen-bond donors (Lipinski definition) is 1. The molecular weight excluding hydrogens is 420 g/mol. The highest BCUT2D eigenvalue weighted by molar-refractivity contribution is 5.92. The van der Waals surface area contributed by atoms with E-state index in [4.69, 9.17) is 0 Å². The van der Waals surface area contributed by atoms with Crippen LogP contribution >= 0.6 is 24.8 Å². The van der Waals surface area contributed by atoms with Crippen LogP contribution in [0.1, 0.15) is 35.3 Å². The van der Waals surface area contributed by atoms with Crippen molar-refractivity contribution in [1.29, 1.82) is 0 Å². The molecule has 2 atom stereocenters. The predicted octanol–water partition coefficient (Wildman–Crippen LogP) is 2.49. The number of halogens is 5. The van der Waals surface area contributed by atoms with Crippen LogP contribution in [0.2, 0.25) is 0 Å². The fraction of sp³-hybridized carbons (Fsp3) is 0.500. The fourth-order valence-electron chi connectivity index (χ4n) is 3.45. The highest BCUT2D eigenvalue weighted by Gasteiger charge is 2.33. The number of amides is 1. The summed E-state index contributed by atoms with van der Waals surface area (Å²) >= 11 is 0. The molecule has 154 valence electrons. The normalized spacial score (nSPS) is 21.5. The van der Waals surface area contributed by atoms with Crippen LogP contribution in [-0.2, 0) is 6.18 Å². The molecule has 4 rings (SSSR count). The lowest BCUT2D eigenvalue weighted by molar-refractivity contribution is -0.137. The number of alkyl halides is 3. The van der Waals surface area contributed by atoms with E-state index in [1.165, 1.54) is 16.9 Å². The van der Waals surface area contributed by atoms with E-state index in [1.807, 2.05) is 0 Å². The number of carbonyl (C=O) groups is 1. The Morgan fingerprint density at radius 3 is 2.57 bits per heavy atom. The van der Waals surface area contributed by atoms with Crippen molar-refractivity contribution in [2.75, 3.05) is 13.1 Å². The smallest absolute Gasteiger partial charge is 0.336 e. The summed E-state index contributed by atoms with van der Waals surface area (Å²) in [5, 5.41) is 11.2. The van der Waals surface area contributed by atoms with Gasteiger partial charge < -0.3 is 10.2 Å². The zero-order valence-corrected chi connectivity index (χ0v) is 16.2. The van der Waals surface area contributed by atoms with Crippen LogP contribution in [0.5, 0.6) is 0 Å². The van der Waals surface area contributed by atoms with Gasteiger partial charge in [0.2, 0.25) is 0 Å². The highest BCUT2D eigenvalue weighted by atomic mass is 35.5. The second kappa shape index (κ2) is 8.62. The van der Waals surface area contributed by atoms with Gasteiger partial charge in [0.1, 0.15) is 0 Å². The summed E-state index contributed by atoms with van der Waals surface area (Å²) in [5.74, 6) is -0.0568. The van der Waals surface area contributed by atoms with Gasteiger partial charge in [-0.1, -0.05) is 5.21 Å². The van der Waals surface area contributed by atoms with Crippen molar-refractivity contribution < 1.29 is 18.0 Å². The molecule has 0 aromatic carbocycles. The van der Waals surface area contributed by atoms with Crippen molar-refractivity contribution in [3.05, 3.63) is 35.8 Å². The summed E-state index contributed by atoms with van der Waals surface area (Å²) in [4.78, 5) is 18.2. The number of aromatic nitrogens is 4. The molecule has 2 aromatic rings. The van der Waals surface area contributed by atoms with Gasteiger partial charge in [-0.3, -0.25) is 4.79 Å². The Kier molecular flexibility index (Phi) is 6.89. The second-order valence-electron chi connectivity index (χ2n) is 6.63. The van der Waals surface area contributed by atoms with Crippen LogP contribution in [0, 0.1) is 0 Å². The van der Waals surface area contributed by atoms with Crippen LogP contribution in [0.15, 0.2) is 24.5 Å². The summed E-state index contributed by atoms with van der Waals surface area (Å²) in [6.45, 7) is 1.28. The van der Waals surface area contributed by atoms with E-state index >= 15 is 0 Å². The Labute approximate surface area is 171 Å². The fourth-order valence-corrected chi connectivity index (χ4v) is 3.45. The van der Waals surface area contributed by atoms with Gasteiger partial charge in [0.15, 0.2) is 11.5 Å². The van der Waals surface area contributed by atoms with Gasteiger partial charge in [-0.2, -0.15) is 13.2 Å². The molecule has 2 fully saturated rings. The molecule has 2 bridgehead atoms. The number of rotatable bonds is 2. The van der Waals surface area contributed by atoms with E-state index in [2.05, 4.69) is 20.6 Å². The molecule has 4 heterocycles. The van der Waals surface area contributed by atoms with Gasteiger partial charge >= 0.3 is 6.18 Å². The summed E-state index contributed by atoms with van der Waals surface area (Å²) in [6, 6.07) is 2.88. The topological polar surface area (TPSA) is 75.9 Å². The van der Waals surface area contributed by atoms with Crippen LogP contribution in [-0.4, -0.2) is 56.0 Å². The van der Waals surface area contributed by atoms with Crippen molar-refractivity contribution in [3.8, 4) is 5.82 Å². The van der Waals surface area contributed by atoms with Gasteiger partial charge in [0.05, 0.1) is 11.8 Å². The van der Waals surface area contributed by atoms with E-state index in [1.54, 1.807) is 4.90 Å². The first-order valence-corrected chi connectivity index (χ1v) is 8.41. The molecule has 2 aliphatic rings. The molecule has 0 aliphatic carbocycles. The van der Waals surface area contributed by atoms with E-state index in [0.29, 0.717) is 25.2 Å². The molecule has 7 nitrogen and oxygen atoms in total. The lowest BCUT2D eigenvalue weighted by Gasteiger charge is -2.23. The number of hydrogen-bond acceptors (Lipinski definition) is 5. The summed E-state index contributed by atoms with van der Waals surface area (Å²) in [7, 11) is 0. The second-order valence-corrected chi connectivity index (χ2v) is 6.63. The molecule has 0 saturated carbocycles. The molecular formula is C16H19Cl2F3N6O. The standard InChI is InChI=1S/C16H17F3N6O.2ClH/c17-16(18,19)10-1-4-14(20-7-10)25-9-13(22-23-25)15(26)24-6-5-11-2-3-12(8-24)21-11;;/h1,4,7,9,11-12,21H,2-3,5-6,8H2;2*1H. The van der Waals surface area contributed by atoms with Crippen LogP contribution in [0.3, 0.4) is 0 Å². The summed E-state index contributed by atoms with van der Waals surface area (Å²) in [5.41, 5.74) is -0.686. The van der Waals surface area contributed by atoms with Gasteiger partial charge in [-0.25, -0.2) is 9.67 Å². The van der Waals surface area contributed by atoms with Crippen LogP contribution in [0.4, 0.5) is 13.2 Å². The quantitative estimate of drug-likeness (QED) is 0.779. The lowest BCUT2D eigenvalue weighted by atomic mass is 10.1. The minimum atomic E-state index is -4.45.